The summed E-state index contributed by atoms with van der Waals surface area (Å²) >= 11 is 1.43. The summed E-state index contributed by atoms with van der Waals surface area (Å²) in [4.78, 5) is 5.51. The predicted molar refractivity (Wildman–Crippen MR) is 137 cm³/mol. The predicted octanol–water partition coefficient (Wildman–Crippen LogP) is 7.09. The topological polar surface area (TPSA) is 82.0 Å². The Balaban J connectivity index is 1.31. The summed E-state index contributed by atoms with van der Waals surface area (Å²) in [5.74, 6) is 2.74. The standard InChI is InChI=1S/C27H23N3O4S/c1-2-31-24-16-20(12-13-21(24)34-18-19-8-4-3-5-9-19)17-28-30-27-29-25(22-10-6-14-32-22)26(35-27)23-11-7-15-33-23/h3-17H,2,18H2,1H3,(H,29,30)/b28-17-. The van der Waals surface area contributed by atoms with Gasteiger partial charge in [-0.15, -0.1) is 0 Å². The fourth-order valence-corrected chi connectivity index (χ4v) is 4.30. The second-order valence-corrected chi connectivity index (χ2v) is 8.43. The normalized spacial score (nSPS) is 11.1. The molecular formula is C27H23N3O4S. The quantitative estimate of drug-likeness (QED) is 0.168. The third kappa shape index (κ3) is 5.44. The molecule has 0 unspecified atom stereocenters. The Kier molecular flexibility index (Phi) is 6.91. The fourth-order valence-electron chi connectivity index (χ4n) is 3.41. The van der Waals surface area contributed by atoms with Gasteiger partial charge >= 0.3 is 0 Å². The van der Waals surface area contributed by atoms with Crippen LogP contribution in [0.4, 0.5) is 5.13 Å². The number of nitrogens with one attached hydrogen (secondary N) is 1. The van der Waals surface area contributed by atoms with Gasteiger partial charge in [0.1, 0.15) is 22.9 Å². The van der Waals surface area contributed by atoms with Gasteiger partial charge in [0.15, 0.2) is 17.3 Å². The second kappa shape index (κ2) is 10.8. The first kappa shape index (κ1) is 22.5. The molecule has 0 aliphatic rings. The smallest absolute Gasteiger partial charge is 0.204 e. The van der Waals surface area contributed by atoms with Crippen molar-refractivity contribution in [3.8, 4) is 33.6 Å². The molecule has 0 aliphatic carbocycles. The lowest BCUT2D eigenvalue weighted by molar-refractivity contribution is 0.269. The summed E-state index contributed by atoms with van der Waals surface area (Å²) in [7, 11) is 0. The highest BCUT2D eigenvalue weighted by molar-refractivity contribution is 7.19. The van der Waals surface area contributed by atoms with Crippen LogP contribution in [0, 0.1) is 0 Å². The van der Waals surface area contributed by atoms with Crippen LogP contribution in [0.1, 0.15) is 18.1 Å². The SMILES string of the molecule is CCOc1cc(/C=N\Nc2nc(-c3ccco3)c(-c3ccco3)s2)ccc1OCc1ccccc1. The molecule has 3 aromatic heterocycles. The maximum Gasteiger partial charge on any atom is 0.204 e. The summed E-state index contributed by atoms with van der Waals surface area (Å²) in [5, 5.41) is 4.99. The summed E-state index contributed by atoms with van der Waals surface area (Å²) < 4.78 is 22.9. The number of hydrogen-bond donors (Lipinski definition) is 1. The Morgan fingerprint density at radius 1 is 0.914 bits per heavy atom. The number of ether oxygens (including phenoxy) is 2. The van der Waals surface area contributed by atoms with Crippen molar-refractivity contribution in [1.82, 2.24) is 4.98 Å². The van der Waals surface area contributed by atoms with E-state index in [1.807, 2.05) is 79.7 Å². The van der Waals surface area contributed by atoms with E-state index < -0.39 is 0 Å². The Hall–Kier alpha value is -4.30. The Bertz CT molecular complexity index is 1330. The van der Waals surface area contributed by atoms with Crippen LogP contribution < -0.4 is 14.9 Å². The van der Waals surface area contributed by atoms with E-state index in [-0.39, 0.29) is 0 Å². The van der Waals surface area contributed by atoms with E-state index in [9.17, 15) is 0 Å². The molecular weight excluding hydrogens is 462 g/mol. The van der Waals surface area contributed by atoms with Gasteiger partial charge in [-0.05, 0) is 60.5 Å². The highest BCUT2D eigenvalue weighted by Gasteiger charge is 2.18. The zero-order valence-electron chi connectivity index (χ0n) is 19.0. The number of benzene rings is 2. The number of rotatable bonds is 10. The van der Waals surface area contributed by atoms with E-state index in [4.69, 9.17) is 18.3 Å². The van der Waals surface area contributed by atoms with E-state index in [0.29, 0.717) is 41.3 Å². The number of thiazole rings is 1. The number of aromatic nitrogens is 1. The van der Waals surface area contributed by atoms with Gasteiger partial charge in [0.2, 0.25) is 5.13 Å². The fraction of sp³-hybridized carbons (Fsp3) is 0.111. The van der Waals surface area contributed by atoms with Crippen molar-refractivity contribution in [2.45, 2.75) is 13.5 Å². The van der Waals surface area contributed by atoms with Gasteiger partial charge in [-0.25, -0.2) is 4.98 Å². The number of anilines is 1. The molecule has 0 spiro atoms. The van der Waals surface area contributed by atoms with E-state index in [1.165, 1.54) is 11.3 Å². The third-order valence-electron chi connectivity index (χ3n) is 5.01. The van der Waals surface area contributed by atoms with Gasteiger partial charge in [-0.3, -0.25) is 5.43 Å². The monoisotopic (exact) mass is 485 g/mol. The second-order valence-electron chi connectivity index (χ2n) is 7.43. The zero-order valence-corrected chi connectivity index (χ0v) is 19.8. The summed E-state index contributed by atoms with van der Waals surface area (Å²) in [5.41, 5.74) is 5.67. The highest BCUT2D eigenvalue weighted by atomic mass is 32.1. The van der Waals surface area contributed by atoms with Crippen molar-refractivity contribution in [3.05, 3.63) is 96.4 Å². The van der Waals surface area contributed by atoms with Gasteiger partial charge in [-0.2, -0.15) is 5.10 Å². The van der Waals surface area contributed by atoms with Crippen LogP contribution in [0.3, 0.4) is 0 Å². The minimum absolute atomic E-state index is 0.468. The maximum absolute atomic E-state index is 5.98. The van der Waals surface area contributed by atoms with Gasteiger partial charge in [0.25, 0.3) is 0 Å². The lowest BCUT2D eigenvalue weighted by Gasteiger charge is -2.12. The minimum Gasteiger partial charge on any atom is -0.490 e. The van der Waals surface area contributed by atoms with Gasteiger partial charge in [0.05, 0.1) is 25.3 Å². The van der Waals surface area contributed by atoms with E-state index in [0.717, 1.165) is 21.8 Å². The van der Waals surface area contributed by atoms with Crippen LogP contribution in [0.15, 0.2) is 99.3 Å². The minimum atomic E-state index is 0.468. The van der Waals surface area contributed by atoms with E-state index >= 15 is 0 Å². The molecule has 0 bridgehead atoms. The first-order chi connectivity index (χ1) is 17.3. The molecule has 3 heterocycles. The number of furan rings is 2. The van der Waals surface area contributed by atoms with Crippen LogP contribution in [0.25, 0.3) is 22.1 Å². The first-order valence-corrected chi connectivity index (χ1v) is 11.9. The van der Waals surface area contributed by atoms with Crippen molar-refractivity contribution in [2.75, 3.05) is 12.0 Å². The van der Waals surface area contributed by atoms with Crippen molar-refractivity contribution >= 4 is 22.7 Å². The summed E-state index contributed by atoms with van der Waals surface area (Å²) in [6.45, 7) is 2.94. The Morgan fingerprint density at radius 3 is 2.46 bits per heavy atom. The molecule has 2 aromatic carbocycles. The largest absolute Gasteiger partial charge is 0.490 e. The van der Waals surface area contributed by atoms with Crippen LogP contribution in [0.5, 0.6) is 11.5 Å². The van der Waals surface area contributed by atoms with Crippen LogP contribution in [-0.4, -0.2) is 17.8 Å². The molecule has 0 aliphatic heterocycles. The lowest BCUT2D eigenvalue weighted by atomic mass is 10.2. The third-order valence-corrected chi connectivity index (χ3v) is 5.98. The van der Waals surface area contributed by atoms with Gasteiger partial charge < -0.3 is 18.3 Å². The van der Waals surface area contributed by atoms with Crippen molar-refractivity contribution in [1.29, 1.82) is 0 Å². The summed E-state index contributed by atoms with van der Waals surface area (Å²) in [6.07, 6.45) is 4.97. The highest BCUT2D eigenvalue weighted by Crippen LogP contribution is 2.39. The molecule has 0 amide bonds. The van der Waals surface area contributed by atoms with Crippen LogP contribution in [-0.2, 0) is 6.61 Å². The Labute approximate surface area is 206 Å². The maximum atomic E-state index is 5.98. The number of hydrazone groups is 1. The first-order valence-electron chi connectivity index (χ1n) is 11.1. The van der Waals surface area contributed by atoms with Crippen LogP contribution >= 0.6 is 11.3 Å². The molecule has 8 heteroatoms. The molecule has 5 rings (SSSR count). The molecule has 0 saturated carbocycles. The molecule has 35 heavy (non-hydrogen) atoms. The molecule has 176 valence electrons. The van der Waals surface area contributed by atoms with Gasteiger partial charge in [-0.1, -0.05) is 41.7 Å². The molecule has 0 saturated heterocycles. The van der Waals surface area contributed by atoms with Crippen molar-refractivity contribution in [3.63, 3.8) is 0 Å². The van der Waals surface area contributed by atoms with Crippen molar-refractivity contribution in [2.24, 2.45) is 5.10 Å². The summed E-state index contributed by atoms with van der Waals surface area (Å²) in [6, 6.07) is 23.2. The van der Waals surface area contributed by atoms with Crippen LogP contribution in [0.2, 0.25) is 0 Å². The average Bonchev–Trinajstić information content (AvgIpc) is 3.66. The number of nitrogens with zero attached hydrogens (tertiary/aromatic N) is 2. The Morgan fingerprint density at radius 2 is 1.71 bits per heavy atom. The molecule has 7 nitrogen and oxygen atoms in total. The molecule has 5 aromatic rings. The van der Waals surface area contributed by atoms with E-state index in [1.54, 1.807) is 18.7 Å². The van der Waals surface area contributed by atoms with Crippen molar-refractivity contribution < 1.29 is 18.3 Å². The molecule has 1 N–H and O–H groups in total. The molecule has 0 fully saturated rings. The lowest BCUT2D eigenvalue weighted by Crippen LogP contribution is -2.00. The molecule has 0 radical (unpaired) electrons. The number of hydrogen-bond acceptors (Lipinski definition) is 8. The van der Waals surface area contributed by atoms with E-state index in [2.05, 4.69) is 15.5 Å². The average molecular weight is 486 g/mol. The molecule has 0 atom stereocenters. The zero-order chi connectivity index (χ0) is 23.9. The van der Waals surface area contributed by atoms with Gasteiger partial charge in [0, 0.05) is 0 Å².